The van der Waals surface area contributed by atoms with Gasteiger partial charge in [0, 0.05) is 35.4 Å². The number of carboxylic acid groups (broad SMARTS) is 3. The molecule has 0 fully saturated rings. The molecule has 0 saturated heterocycles. The Hall–Kier alpha value is -0.580. The Balaban J connectivity index is 4.63. The van der Waals surface area contributed by atoms with Crippen LogP contribution in [0.3, 0.4) is 0 Å². The van der Waals surface area contributed by atoms with Gasteiger partial charge in [-0.25, -0.2) is 0 Å². The van der Waals surface area contributed by atoms with Gasteiger partial charge in [0.25, 0.3) is 0 Å². The van der Waals surface area contributed by atoms with E-state index in [-0.39, 0.29) is 38.9 Å². The monoisotopic (exact) mass is 371 g/mol. The van der Waals surface area contributed by atoms with Gasteiger partial charge in [0.1, 0.15) is 0 Å². The molecule has 3 N–H and O–H groups in total. The summed E-state index contributed by atoms with van der Waals surface area (Å²) >= 11 is 12.6. The highest BCUT2D eigenvalue weighted by Crippen LogP contribution is 2.13. The van der Waals surface area contributed by atoms with Crippen molar-refractivity contribution in [2.24, 2.45) is 0 Å². The van der Waals surface area contributed by atoms with Crippen molar-refractivity contribution in [1.29, 1.82) is 0 Å². The first-order valence-electron chi connectivity index (χ1n) is 6.52. The molecule has 0 aromatic carbocycles. The number of thiol groups is 3. The molecule has 0 amide bonds. The molecule has 0 saturated carbocycles. The zero-order valence-electron chi connectivity index (χ0n) is 11.8. The second-order valence-corrected chi connectivity index (χ2v) is 7.16. The maximum absolute atomic E-state index is 10.7. The van der Waals surface area contributed by atoms with Crippen LogP contribution in [0.1, 0.15) is 19.3 Å². The van der Waals surface area contributed by atoms with Gasteiger partial charge in [0.15, 0.2) is 0 Å². The molecular formula is C12H21NO6S3. The van der Waals surface area contributed by atoms with Gasteiger partial charge in [-0.3, -0.25) is 14.4 Å². The summed E-state index contributed by atoms with van der Waals surface area (Å²) in [6, 6.07) is 0. The van der Waals surface area contributed by atoms with E-state index in [0.29, 0.717) is 0 Å². The van der Waals surface area contributed by atoms with E-state index in [1.807, 2.05) is 0 Å². The van der Waals surface area contributed by atoms with Gasteiger partial charge in [-0.1, -0.05) is 0 Å². The van der Waals surface area contributed by atoms with Gasteiger partial charge in [-0.15, -0.1) is 0 Å². The number of carbonyl (C=O) groups is 3. The summed E-state index contributed by atoms with van der Waals surface area (Å²) in [5.74, 6) is -2.96. The average Bonchev–Trinajstić information content (AvgIpc) is 2.23. The molecule has 3 atom stereocenters. The summed E-state index contributed by atoms with van der Waals surface area (Å²) in [6.45, 7) is 0.842. The number of rotatable bonds is 12. The maximum atomic E-state index is 10.7. The summed E-state index contributed by atoms with van der Waals surface area (Å²) in [4.78, 5) is 33.8. The van der Waals surface area contributed by atoms with Crippen molar-refractivity contribution in [3.8, 4) is 0 Å². The molecule has 128 valence electrons. The lowest BCUT2D eigenvalue weighted by Gasteiger charge is -2.28. The molecular weight excluding hydrogens is 350 g/mol. The third kappa shape index (κ3) is 12.0. The van der Waals surface area contributed by atoms with Crippen molar-refractivity contribution in [2.75, 3.05) is 19.6 Å². The molecule has 0 rings (SSSR count). The van der Waals surface area contributed by atoms with Gasteiger partial charge >= 0.3 is 17.9 Å². The number of hydrogen-bond acceptors (Lipinski definition) is 7. The first-order valence-corrected chi connectivity index (χ1v) is 8.07. The molecule has 0 aliphatic carbocycles. The number of nitrogens with zero attached hydrogens (tertiary/aromatic N) is 1. The van der Waals surface area contributed by atoms with E-state index in [1.54, 1.807) is 4.90 Å². The minimum Gasteiger partial charge on any atom is -0.481 e. The van der Waals surface area contributed by atoms with Crippen LogP contribution in [0.5, 0.6) is 0 Å². The fourth-order valence-corrected chi connectivity index (χ4v) is 3.08. The lowest BCUT2D eigenvalue weighted by molar-refractivity contribution is -0.137. The van der Waals surface area contributed by atoms with Crippen LogP contribution < -0.4 is 0 Å². The second kappa shape index (κ2) is 11.0. The molecule has 0 aromatic rings. The minimum absolute atomic E-state index is 0.147. The highest BCUT2D eigenvalue weighted by molar-refractivity contribution is 7.81. The van der Waals surface area contributed by atoms with Gasteiger partial charge in [0.2, 0.25) is 0 Å². The largest absolute Gasteiger partial charge is 0.481 e. The van der Waals surface area contributed by atoms with E-state index >= 15 is 0 Å². The Kier molecular flexibility index (Phi) is 10.7. The number of hydrogen-bond donors (Lipinski definition) is 6. The van der Waals surface area contributed by atoms with Gasteiger partial charge in [0.05, 0.1) is 19.3 Å². The van der Waals surface area contributed by atoms with Gasteiger partial charge < -0.3 is 20.2 Å². The van der Waals surface area contributed by atoms with Crippen LogP contribution in [0.4, 0.5) is 0 Å². The zero-order chi connectivity index (χ0) is 17.3. The van der Waals surface area contributed by atoms with E-state index in [0.717, 1.165) is 0 Å². The van der Waals surface area contributed by atoms with Crippen molar-refractivity contribution < 1.29 is 29.7 Å². The summed E-state index contributed by atoms with van der Waals surface area (Å²) in [5, 5.41) is 24.9. The lowest BCUT2D eigenvalue weighted by Crippen LogP contribution is -2.40. The Morgan fingerprint density at radius 2 is 0.909 bits per heavy atom. The van der Waals surface area contributed by atoms with Gasteiger partial charge in [-0.2, -0.15) is 37.9 Å². The molecule has 0 radical (unpaired) electrons. The van der Waals surface area contributed by atoms with Crippen LogP contribution in [0, 0.1) is 0 Å². The lowest BCUT2D eigenvalue weighted by atomic mass is 10.2. The molecule has 7 nitrogen and oxygen atoms in total. The fraction of sp³-hybridized carbons (Fsp3) is 0.750. The average molecular weight is 372 g/mol. The second-order valence-electron chi connectivity index (χ2n) is 4.97. The third-order valence-electron chi connectivity index (χ3n) is 2.64. The summed E-state index contributed by atoms with van der Waals surface area (Å²) in [6.07, 6.45) is -0.441. The highest BCUT2D eigenvalue weighted by atomic mass is 32.1. The Bertz CT molecular complexity index is 338. The van der Waals surface area contributed by atoms with E-state index in [1.165, 1.54) is 0 Å². The van der Waals surface area contributed by atoms with E-state index in [4.69, 9.17) is 15.3 Å². The summed E-state index contributed by atoms with van der Waals surface area (Å²) in [5.41, 5.74) is 0. The molecule has 22 heavy (non-hydrogen) atoms. The smallest absolute Gasteiger partial charge is 0.304 e. The van der Waals surface area contributed by atoms with Crippen LogP contribution in [-0.2, 0) is 14.4 Å². The number of aliphatic carboxylic acids is 3. The van der Waals surface area contributed by atoms with Crippen molar-refractivity contribution in [2.45, 2.75) is 35.0 Å². The summed E-state index contributed by atoms with van der Waals surface area (Å²) < 4.78 is 0. The fourth-order valence-electron chi connectivity index (χ4n) is 1.92. The van der Waals surface area contributed by atoms with Gasteiger partial charge in [-0.05, 0) is 0 Å². The van der Waals surface area contributed by atoms with E-state index < -0.39 is 33.7 Å². The Morgan fingerprint density at radius 3 is 1.09 bits per heavy atom. The van der Waals surface area contributed by atoms with E-state index in [9.17, 15) is 14.4 Å². The molecule has 0 spiro atoms. The summed E-state index contributed by atoms with van der Waals surface area (Å²) in [7, 11) is 0. The molecule has 0 heterocycles. The SMILES string of the molecule is O=C(O)CC(S)CN(CC(S)CC(=O)O)CC(S)CC(=O)O. The van der Waals surface area contributed by atoms with Crippen LogP contribution >= 0.6 is 37.9 Å². The molecule has 0 aliphatic rings. The zero-order valence-corrected chi connectivity index (χ0v) is 14.5. The first-order chi connectivity index (χ1) is 10.1. The highest BCUT2D eigenvalue weighted by Gasteiger charge is 2.21. The van der Waals surface area contributed by atoms with Crippen LogP contribution in [0.2, 0.25) is 0 Å². The van der Waals surface area contributed by atoms with Crippen LogP contribution in [0.25, 0.3) is 0 Å². The first kappa shape index (κ1) is 21.4. The van der Waals surface area contributed by atoms with Crippen LogP contribution in [0.15, 0.2) is 0 Å². The molecule has 0 bridgehead atoms. The topological polar surface area (TPSA) is 115 Å². The number of carboxylic acids is 3. The quantitative estimate of drug-likeness (QED) is 0.279. The predicted octanol–water partition coefficient (Wildman–Crippen LogP) is 0.608. The van der Waals surface area contributed by atoms with E-state index in [2.05, 4.69) is 37.9 Å². The normalized spacial score (nSPS) is 15.3. The molecule has 3 unspecified atom stereocenters. The maximum Gasteiger partial charge on any atom is 0.304 e. The molecule has 0 aliphatic heterocycles. The Labute approximate surface area is 145 Å². The van der Waals surface area contributed by atoms with Crippen molar-refractivity contribution in [3.05, 3.63) is 0 Å². The van der Waals surface area contributed by atoms with Crippen molar-refractivity contribution in [3.63, 3.8) is 0 Å². The third-order valence-corrected chi connectivity index (χ3v) is 3.68. The molecule has 0 aromatic heterocycles. The minimum atomic E-state index is -0.985. The predicted molar refractivity (Wildman–Crippen MR) is 91.5 cm³/mol. The van der Waals surface area contributed by atoms with Crippen LogP contribution in [-0.4, -0.2) is 73.5 Å². The molecule has 10 heteroatoms. The van der Waals surface area contributed by atoms with Crippen molar-refractivity contribution in [1.82, 2.24) is 4.90 Å². The standard InChI is InChI=1S/C12H21NO6S3/c14-10(15)1-7(20)4-13(5-8(21)2-11(16)17)6-9(22)3-12(18)19/h7-9,20-22H,1-6H2,(H,14,15)(H,16,17)(H,18,19). The van der Waals surface area contributed by atoms with Crippen molar-refractivity contribution >= 4 is 55.8 Å². The Morgan fingerprint density at radius 1 is 0.682 bits per heavy atom.